The van der Waals surface area contributed by atoms with Gasteiger partial charge in [0.15, 0.2) is 17.5 Å². The van der Waals surface area contributed by atoms with E-state index in [0.717, 1.165) is 88.5 Å². The first kappa shape index (κ1) is 32.6. The zero-order valence-corrected chi connectivity index (χ0v) is 30.5. The van der Waals surface area contributed by atoms with Crippen LogP contribution in [-0.2, 0) is 0 Å². The van der Waals surface area contributed by atoms with Crippen molar-refractivity contribution in [1.82, 2.24) is 24.9 Å². The van der Waals surface area contributed by atoms with Gasteiger partial charge in [-0.2, -0.15) is 0 Å². The highest BCUT2D eigenvalue weighted by Gasteiger charge is 2.15. The highest BCUT2D eigenvalue weighted by atomic mass is 16.3. The second-order valence-corrected chi connectivity index (χ2v) is 14.1. The zero-order valence-electron chi connectivity index (χ0n) is 30.5. The number of benzene rings is 8. The molecule has 0 aliphatic carbocycles. The van der Waals surface area contributed by atoms with E-state index in [4.69, 9.17) is 29.3 Å². The maximum absolute atomic E-state index is 6.12. The van der Waals surface area contributed by atoms with Gasteiger partial charge in [0.1, 0.15) is 11.2 Å². The molecular formula is C51H31N5O. The SMILES string of the molecule is c1ccc(-c2ccc(-c3nc(-c4ccccc4)nc(-c4ccc(-c5ccc(-c6cccc7nc8cc9oc%10ccccc%10c9cc8nc67)cc5)cc4)n3)cc2)cc1. The second kappa shape index (κ2) is 13.5. The lowest BCUT2D eigenvalue weighted by Crippen LogP contribution is -2.00. The molecule has 3 aromatic heterocycles. The van der Waals surface area contributed by atoms with Gasteiger partial charge in [0, 0.05) is 39.1 Å². The average Bonchev–Trinajstić information content (AvgIpc) is 3.65. The maximum atomic E-state index is 6.12. The highest BCUT2D eigenvalue weighted by Crippen LogP contribution is 2.35. The molecule has 0 spiro atoms. The third-order valence-corrected chi connectivity index (χ3v) is 10.6. The van der Waals surface area contributed by atoms with E-state index in [-0.39, 0.29) is 0 Å². The Morgan fingerprint density at radius 2 is 0.754 bits per heavy atom. The predicted molar refractivity (Wildman–Crippen MR) is 230 cm³/mol. The van der Waals surface area contributed by atoms with Crippen LogP contribution in [0.25, 0.3) is 112 Å². The Balaban J connectivity index is 0.909. The molecule has 0 saturated heterocycles. The summed E-state index contributed by atoms with van der Waals surface area (Å²) in [5.74, 6) is 1.89. The van der Waals surface area contributed by atoms with Crippen LogP contribution in [-0.4, -0.2) is 24.9 Å². The number of para-hydroxylation sites is 2. The molecule has 0 saturated carbocycles. The molecule has 0 amide bonds. The summed E-state index contributed by atoms with van der Waals surface area (Å²) in [6, 6.07) is 64.2. The summed E-state index contributed by atoms with van der Waals surface area (Å²) in [6.07, 6.45) is 0. The number of hydrogen-bond acceptors (Lipinski definition) is 6. The summed E-state index contributed by atoms with van der Waals surface area (Å²) in [7, 11) is 0. The second-order valence-electron chi connectivity index (χ2n) is 14.1. The van der Waals surface area contributed by atoms with Crippen molar-refractivity contribution in [3.8, 4) is 67.5 Å². The normalized spacial score (nSPS) is 11.5. The van der Waals surface area contributed by atoms with Crippen LogP contribution in [0, 0.1) is 0 Å². The fourth-order valence-electron chi connectivity index (χ4n) is 7.60. The monoisotopic (exact) mass is 729 g/mol. The van der Waals surface area contributed by atoms with Crippen molar-refractivity contribution < 1.29 is 4.42 Å². The van der Waals surface area contributed by atoms with Gasteiger partial charge in [-0.15, -0.1) is 0 Å². The minimum Gasteiger partial charge on any atom is -0.456 e. The number of aromatic nitrogens is 5. The molecule has 57 heavy (non-hydrogen) atoms. The summed E-state index contributed by atoms with van der Waals surface area (Å²) in [6.45, 7) is 0. The zero-order chi connectivity index (χ0) is 37.7. The Kier molecular flexibility index (Phi) is 7.71. The molecule has 8 aromatic carbocycles. The van der Waals surface area contributed by atoms with Crippen molar-refractivity contribution in [1.29, 1.82) is 0 Å². The molecule has 11 rings (SSSR count). The van der Waals surface area contributed by atoms with Crippen molar-refractivity contribution >= 4 is 44.0 Å². The first-order valence-electron chi connectivity index (χ1n) is 18.9. The molecule has 0 fully saturated rings. The third-order valence-electron chi connectivity index (χ3n) is 10.6. The first-order chi connectivity index (χ1) is 28.2. The van der Waals surface area contributed by atoms with Gasteiger partial charge < -0.3 is 4.42 Å². The Hall–Kier alpha value is -7.83. The fraction of sp³-hybridized carbons (Fsp3) is 0. The summed E-state index contributed by atoms with van der Waals surface area (Å²) < 4.78 is 6.12. The van der Waals surface area contributed by atoms with Crippen molar-refractivity contribution in [2.45, 2.75) is 0 Å². The summed E-state index contributed by atoms with van der Waals surface area (Å²) >= 11 is 0. The van der Waals surface area contributed by atoms with Crippen molar-refractivity contribution in [2.75, 3.05) is 0 Å². The standard InChI is InChI=1S/C51H31N5O/c1-3-10-32(11-4-1)33-20-26-38(27-21-33)50-54-49(37-12-5-2-6-13-37)55-51(56-50)39-28-22-35(23-29-39)34-18-24-36(25-19-34)40-15-9-16-43-48(40)53-44-30-42-41-14-7-8-17-46(41)57-47(42)31-45(44)52-43/h1-31H. The molecule has 0 aliphatic heterocycles. The number of fused-ring (bicyclic) bond motifs is 5. The minimum atomic E-state index is 0.624. The van der Waals surface area contributed by atoms with E-state index in [9.17, 15) is 0 Å². The number of nitrogens with zero attached hydrogens (tertiary/aromatic N) is 5. The van der Waals surface area contributed by atoms with Gasteiger partial charge in [-0.25, -0.2) is 24.9 Å². The lowest BCUT2D eigenvalue weighted by Gasteiger charge is -2.10. The van der Waals surface area contributed by atoms with E-state index in [1.54, 1.807) is 0 Å². The largest absolute Gasteiger partial charge is 0.456 e. The Bertz CT molecular complexity index is 3250. The molecule has 266 valence electrons. The number of hydrogen-bond donors (Lipinski definition) is 0. The van der Waals surface area contributed by atoms with Crippen LogP contribution in [0.1, 0.15) is 0 Å². The summed E-state index contributed by atoms with van der Waals surface area (Å²) in [5.41, 5.74) is 14.5. The number of rotatable bonds is 6. The minimum absolute atomic E-state index is 0.624. The van der Waals surface area contributed by atoms with E-state index >= 15 is 0 Å². The van der Waals surface area contributed by atoms with E-state index in [0.29, 0.717) is 17.5 Å². The number of furan rings is 1. The maximum Gasteiger partial charge on any atom is 0.164 e. The topological polar surface area (TPSA) is 77.6 Å². The molecule has 0 bridgehead atoms. The molecule has 0 N–H and O–H groups in total. The van der Waals surface area contributed by atoms with Crippen LogP contribution in [0.5, 0.6) is 0 Å². The Morgan fingerprint density at radius 3 is 1.37 bits per heavy atom. The summed E-state index contributed by atoms with van der Waals surface area (Å²) in [5, 5.41) is 2.12. The Morgan fingerprint density at radius 1 is 0.281 bits per heavy atom. The van der Waals surface area contributed by atoms with Crippen molar-refractivity contribution in [2.24, 2.45) is 0 Å². The predicted octanol–water partition coefficient (Wildman–Crippen LogP) is 12.9. The molecule has 0 aliphatic rings. The van der Waals surface area contributed by atoms with Gasteiger partial charge in [0.25, 0.3) is 0 Å². The van der Waals surface area contributed by atoms with E-state index in [1.165, 1.54) is 5.56 Å². The van der Waals surface area contributed by atoms with Gasteiger partial charge in [-0.1, -0.05) is 164 Å². The van der Waals surface area contributed by atoms with E-state index in [1.807, 2.05) is 72.8 Å². The smallest absolute Gasteiger partial charge is 0.164 e. The molecule has 11 aromatic rings. The molecular weight excluding hydrogens is 699 g/mol. The van der Waals surface area contributed by atoms with Crippen LogP contribution in [0.15, 0.2) is 192 Å². The van der Waals surface area contributed by atoms with Crippen molar-refractivity contribution in [3.05, 3.63) is 188 Å². The van der Waals surface area contributed by atoms with Gasteiger partial charge in [0.2, 0.25) is 0 Å². The average molecular weight is 730 g/mol. The quantitative estimate of drug-likeness (QED) is 0.159. The van der Waals surface area contributed by atoms with Gasteiger partial charge in [-0.3, -0.25) is 0 Å². The molecule has 0 radical (unpaired) electrons. The van der Waals surface area contributed by atoms with Gasteiger partial charge in [0.05, 0.1) is 22.1 Å². The molecule has 3 heterocycles. The molecule has 6 nitrogen and oxygen atoms in total. The third kappa shape index (κ3) is 5.97. The van der Waals surface area contributed by atoms with E-state index in [2.05, 4.69) is 115 Å². The van der Waals surface area contributed by atoms with Crippen LogP contribution >= 0.6 is 0 Å². The van der Waals surface area contributed by atoms with Crippen LogP contribution in [0.3, 0.4) is 0 Å². The van der Waals surface area contributed by atoms with Crippen LogP contribution in [0.4, 0.5) is 0 Å². The lowest BCUT2D eigenvalue weighted by atomic mass is 9.98. The van der Waals surface area contributed by atoms with E-state index < -0.39 is 0 Å². The highest BCUT2D eigenvalue weighted by molar-refractivity contribution is 6.10. The van der Waals surface area contributed by atoms with Crippen LogP contribution < -0.4 is 0 Å². The first-order valence-corrected chi connectivity index (χ1v) is 18.9. The molecule has 0 atom stereocenters. The van der Waals surface area contributed by atoms with Gasteiger partial charge in [-0.05, 0) is 46.0 Å². The van der Waals surface area contributed by atoms with Crippen LogP contribution in [0.2, 0.25) is 0 Å². The lowest BCUT2D eigenvalue weighted by molar-refractivity contribution is 0.669. The van der Waals surface area contributed by atoms with Gasteiger partial charge >= 0.3 is 0 Å². The fourth-order valence-corrected chi connectivity index (χ4v) is 7.60. The van der Waals surface area contributed by atoms with Crippen molar-refractivity contribution in [3.63, 3.8) is 0 Å². The summed E-state index contributed by atoms with van der Waals surface area (Å²) in [4.78, 5) is 25.0. The molecule has 0 unspecified atom stereocenters. The molecule has 6 heteroatoms. The Labute approximate surface area is 327 Å².